The molecule has 0 N–H and O–H groups in total. The SMILES string of the molecule is BC(C)(C)C(F)(Cc1cnc(-c2ncc(OC(C)(C)C(C)(F)P)cc2S(=O)(=O)CC)n1C)C(F)(F)P. The van der Waals surface area contributed by atoms with Crippen LogP contribution >= 0.6 is 18.5 Å². The Hall–Kier alpha value is -1.25. The van der Waals surface area contributed by atoms with Gasteiger partial charge in [0.15, 0.2) is 26.7 Å². The van der Waals surface area contributed by atoms with E-state index in [-0.39, 0.29) is 33.6 Å². The summed E-state index contributed by atoms with van der Waals surface area (Å²) in [6.07, 6.45) is 1.79. The number of hydrogen-bond donors (Lipinski definition) is 0. The molecule has 0 saturated heterocycles. The highest BCUT2D eigenvalue weighted by Crippen LogP contribution is 2.53. The number of sulfone groups is 1. The van der Waals surface area contributed by atoms with Crippen LogP contribution in [0.15, 0.2) is 23.4 Å². The van der Waals surface area contributed by atoms with Crippen LogP contribution in [-0.2, 0) is 23.3 Å². The lowest BCUT2D eigenvalue weighted by Crippen LogP contribution is -2.50. The van der Waals surface area contributed by atoms with Crippen LogP contribution < -0.4 is 4.74 Å². The van der Waals surface area contributed by atoms with Gasteiger partial charge in [-0.05, 0) is 26.1 Å². The third-order valence-corrected chi connectivity index (χ3v) is 9.43. The maximum Gasteiger partial charge on any atom is 0.292 e. The van der Waals surface area contributed by atoms with Gasteiger partial charge in [0.2, 0.25) is 0 Å². The molecule has 0 aromatic carbocycles. The van der Waals surface area contributed by atoms with Crippen molar-refractivity contribution in [2.45, 2.75) is 80.5 Å². The van der Waals surface area contributed by atoms with Gasteiger partial charge in [-0.15, -0.1) is 0 Å². The topological polar surface area (TPSA) is 74.1 Å². The van der Waals surface area contributed by atoms with E-state index >= 15 is 4.39 Å². The van der Waals surface area contributed by atoms with Gasteiger partial charge in [0.25, 0.3) is 5.66 Å². The van der Waals surface area contributed by atoms with Gasteiger partial charge in [-0.1, -0.05) is 39.3 Å². The first-order chi connectivity index (χ1) is 16.0. The standard InChI is InChI=1S/C22H34BF4N3O3P2S/c1-8-36(31,32)15-9-14(33-19(4,5)20(6,24)34)12-28-16(15)17-29-11-13(30(17)7)10-21(25,18(2,3)23)22(26,27)35/h9,11-12H,8,10,23,34-35H2,1-7H3. The number of alkyl halides is 4. The Kier molecular flexibility index (Phi) is 8.44. The van der Waals surface area contributed by atoms with E-state index in [1.807, 2.05) is 9.24 Å². The molecule has 0 bridgehead atoms. The minimum atomic E-state index is -3.87. The molecule has 2 rings (SSSR count). The molecule has 4 unspecified atom stereocenters. The first kappa shape index (κ1) is 31.0. The fraction of sp³-hybridized carbons (Fsp3) is 0.636. The summed E-state index contributed by atoms with van der Waals surface area (Å²) < 4.78 is 92.0. The van der Waals surface area contributed by atoms with Crippen molar-refractivity contribution in [3.8, 4) is 17.3 Å². The minimum absolute atomic E-state index is 0.0229. The molecular weight excluding hydrogens is 535 g/mol. The Morgan fingerprint density at radius 3 is 2.06 bits per heavy atom. The molecule has 0 aliphatic carbocycles. The van der Waals surface area contributed by atoms with Crippen LogP contribution in [0.5, 0.6) is 5.75 Å². The van der Waals surface area contributed by atoms with Crippen LogP contribution in [-0.4, -0.2) is 58.9 Å². The predicted molar refractivity (Wildman–Crippen MR) is 143 cm³/mol. The van der Waals surface area contributed by atoms with E-state index in [1.54, 1.807) is 0 Å². The van der Waals surface area contributed by atoms with Gasteiger partial charge < -0.3 is 9.30 Å². The average molecular weight is 569 g/mol. The lowest BCUT2D eigenvalue weighted by molar-refractivity contribution is -0.0874. The van der Waals surface area contributed by atoms with Crippen molar-refractivity contribution in [3.05, 3.63) is 24.2 Å². The second-order valence-electron chi connectivity index (χ2n) is 10.6. The van der Waals surface area contributed by atoms with Crippen molar-refractivity contribution in [2.75, 3.05) is 5.75 Å². The number of imidazole rings is 1. The summed E-state index contributed by atoms with van der Waals surface area (Å²) in [7, 11) is 2.30. The lowest BCUT2D eigenvalue weighted by Gasteiger charge is -2.41. The van der Waals surface area contributed by atoms with Crippen LogP contribution in [0, 0.1) is 0 Å². The van der Waals surface area contributed by atoms with Crippen LogP contribution in [0.3, 0.4) is 0 Å². The maximum atomic E-state index is 15.7. The van der Waals surface area contributed by atoms with Gasteiger partial charge in [-0.2, -0.15) is 8.78 Å². The summed E-state index contributed by atoms with van der Waals surface area (Å²) in [6, 6.07) is 1.24. The molecule has 14 heteroatoms. The molecule has 0 aliphatic heterocycles. The van der Waals surface area contributed by atoms with E-state index in [4.69, 9.17) is 4.74 Å². The second-order valence-corrected chi connectivity index (χ2v) is 14.6. The Balaban J connectivity index is 2.65. The average Bonchev–Trinajstić information content (AvgIpc) is 3.05. The summed E-state index contributed by atoms with van der Waals surface area (Å²) in [5.74, 6) is -0.199. The van der Waals surface area contributed by atoms with Gasteiger partial charge in [0, 0.05) is 31.4 Å². The van der Waals surface area contributed by atoms with Gasteiger partial charge in [0.05, 0.1) is 11.9 Å². The normalized spacial score (nSPS) is 16.9. The molecule has 0 saturated carbocycles. The molecule has 0 fully saturated rings. The van der Waals surface area contributed by atoms with E-state index in [1.165, 1.54) is 88.7 Å². The van der Waals surface area contributed by atoms with Crippen molar-refractivity contribution in [1.82, 2.24) is 14.5 Å². The maximum absolute atomic E-state index is 15.7. The highest BCUT2D eigenvalue weighted by molar-refractivity contribution is 7.91. The zero-order valence-electron chi connectivity index (χ0n) is 21.8. The summed E-state index contributed by atoms with van der Waals surface area (Å²) in [5.41, 5.74) is -7.95. The number of pyridine rings is 1. The molecule has 2 aromatic heterocycles. The molecule has 0 spiro atoms. The van der Waals surface area contributed by atoms with E-state index in [9.17, 15) is 21.6 Å². The molecule has 0 aliphatic rings. The quantitative estimate of drug-likeness (QED) is 0.239. The number of hydrogen-bond acceptors (Lipinski definition) is 5. The third-order valence-electron chi connectivity index (χ3n) is 6.53. The first-order valence-electron chi connectivity index (χ1n) is 11.2. The molecule has 6 nitrogen and oxygen atoms in total. The summed E-state index contributed by atoms with van der Waals surface area (Å²) in [5, 5.41) is -3.26. The number of aromatic nitrogens is 3. The first-order valence-corrected chi connectivity index (χ1v) is 14.1. The van der Waals surface area contributed by atoms with Crippen LogP contribution in [0.4, 0.5) is 17.6 Å². The molecule has 4 atom stereocenters. The number of halogens is 4. The highest BCUT2D eigenvalue weighted by atomic mass is 32.2. The second kappa shape index (κ2) is 9.81. The number of ether oxygens (including phenoxy) is 1. The van der Waals surface area contributed by atoms with E-state index in [0.29, 0.717) is 0 Å². The van der Waals surface area contributed by atoms with Crippen LogP contribution in [0.1, 0.15) is 47.2 Å². The highest BCUT2D eigenvalue weighted by Gasteiger charge is 2.58. The van der Waals surface area contributed by atoms with Gasteiger partial charge in [-0.25, -0.2) is 27.2 Å². The molecule has 0 amide bonds. The molecule has 2 aromatic rings. The van der Waals surface area contributed by atoms with Crippen LogP contribution in [0.25, 0.3) is 11.5 Å². The monoisotopic (exact) mass is 569 g/mol. The predicted octanol–water partition coefficient (Wildman–Crippen LogP) is 4.54. The summed E-state index contributed by atoms with van der Waals surface area (Å²) in [4.78, 5) is 8.21. The molecule has 0 radical (unpaired) electrons. The fourth-order valence-corrected chi connectivity index (χ4v) is 5.04. The number of nitrogens with zero attached hydrogens (tertiary/aromatic N) is 3. The third kappa shape index (κ3) is 5.91. The smallest absolute Gasteiger partial charge is 0.292 e. The molecule has 36 heavy (non-hydrogen) atoms. The Morgan fingerprint density at radius 1 is 1.06 bits per heavy atom. The van der Waals surface area contributed by atoms with E-state index < -0.39 is 43.9 Å². The lowest BCUT2D eigenvalue weighted by atomic mass is 9.60. The van der Waals surface area contributed by atoms with E-state index in [2.05, 4.69) is 9.97 Å². The molecular formula is C22H34BF4N3O3P2S. The van der Waals surface area contributed by atoms with Crippen molar-refractivity contribution >= 4 is 36.2 Å². The Bertz CT molecular complexity index is 1210. The van der Waals surface area contributed by atoms with Gasteiger partial charge in [-0.3, -0.25) is 0 Å². The largest absolute Gasteiger partial charge is 0.483 e. The van der Waals surface area contributed by atoms with Crippen LogP contribution in [0.2, 0.25) is 5.31 Å². The van der Waals surface area contributed by atoms with Crippen molar-refractivity contribution < 1.29 is 30.7 Å². The van der Waals surface area contributed by atoms with Gasteiger partial charge >= 0.3 is 0 Å². The molecule has 202 valence electrons. The summed E-state index contributed by atoms with van der Waals surface area (Å²) in [6.45, 7) is 8.53. The minimum Gasteiger partial charge on any atom is -0.483 e. The zero-order valence-corrected chi connectivity index (χ0v) is 24.9. The number of rotatable bonds is 10. The zero-order chi connectivity index (χ0) is 28.1. The van der Waals surface area contributed by atoms with Gasteiger partial charge in [0.1, 0.15) is 29.8 Å². The van der Waals surface area contributed by atoms with Crippen molar-refractivity contribution in [1.29, 1.82) is 0 Å². The van der Waals surface area contributed by atoms with Crippen molar-refractivity contribution in [2.24, 2.45) is 7.05 Å². The van der Waals surface area contributed by atoms with E-state index in [0.717, 1.165) is 0 Å². The Labute approximate surface area is 216 Å². The fourth-order valence-electron chi connectivity index (χ4n) is 3.40. The Morgan fingerprint density at radius 2 is 1.61 bits per heavy atom. The molecule has 2 heterocycles. The van der Waals surface area contributed by atoms with Crippen molar-refractivity contribution in [3.63, 3.8) is 0 Å². The summed E-state index contributed by atoms with van der Waals surface area (Å²) >= 11 is 0.